The third kappa shape index (κ3) is 1.91. The molecule has 0 saturated carbocycles. The second-order valence-corrected chi connectivity index (χ2v) is 6.90. The van der Waals surface area contributed by atoms with Gasteiger partial charge in [-0.25, -0.2) is 4.98 Å². The lowest BCUT2D eigenvalue weighted by Crippen LogP contribution is -2.27. The molecule has 1 aliphatic carbocycles. The van der Waals surface area contributed by atoms with Gasteiger partial charge in [0.05, 0.1) is 10.9 Å². The molecule has 0 saturated heterocycles. The maximum absolute atomic E-state index is 13.2. The highest BCUT2D eigenvalue weighted by Gasteiger charge is 2.28. The topological polar surface area (TPSA) is 51.4 Å². The van der Waals surface area contributed by atoms with E-state index in [9.17, 15) is 9.59 Å². The number of para-hydroxylation sites is 1. The summed E-state index contributed by atoms with van der Waals surface area (Å²) < 4.78 is 1.67. The minimum absolute atomic E-state index is 0.0931. The van der Waals surface area contributed by atoms with Crippen LogP contribution in [0.15, 0.2) is 53.3 Å². The van der Waals surface area contributed by atoms with Crippen molar-refractivity contribution in [3.8, 4) is 0 Å². The Bertz CT molecular complexity index is 1250. The van der Waals surface area contributed by atoms with Gasteiger partial charge in [-0.3, -0.25) is 14.0 Å². The predicted molar refractivity (Wildman–Crippen MR) is 98.3 cm³/mol. The standard InChI is InChI=1S/C21H16N2O2/c1-12-10-17-19(18(24)11-12)13-6-2-3-7-14(13)20-22-16-9-5-4-8-15(16)21(25)23(17)20/h2-9,12H,10-11H2,1H3/t12-/m1/s1. The number of benzene rings is 2. The lowest BCUT2D eigenvalue weighted by atomic mass is 9.84. The molecule has 0 fully saturated rings. The minimum atomic E-state index is -0.0931. The van der Waals surface area contributed by atoms with E-state index in [1.165, 1.54) is 0 Å². The van der Waals surface area contributed by atoms with Crippen LogP contribution >= 0.6 is 0 Å². The molecule has 122 valence electrons. The molecule has 0 bridgehead atoms. The van der Waals surface area contributed by atoms with Gasteiger partial charge in [0.2, 0.25) is 0 Å². The van der Waals surface area contributed by atoms with Crippen LogP contribution < -0.4 is 5.56 Å². The van der Waals surface area contributed by atoms with Gasteiger partial charge in [-0.1, -0.05) is 43.3 Å². The summed E-state index contributed by atoms with van der Waals surface area (Å²) in [6.45, 7) is 2.06. The zero-order valence-electron chi connectivity index (χ0n) is 13.8. The van der Waals surface area contributed by atoms with Crippen LogP contribution in [0.2, 0.25) is 0 Å². The molecule has 2 heterocycles. The summed E-state index contributed by atoms with van der Waals surface area (Å²) >= 11 is 0. The maximum Gasteiger partial charge on any atom is 0.265 e. The first-order chi connectivity index (χ1) is 12.1. The van der Waals surface area contributed by atoms with Gasteiger partial charge in [0.1, 0.15) is 5.65 Å². The average Bonchev–Trinajstić information content (AvgIpc) is 2.61. The van der Waals surface area contributed by atoms with Crippen molar-refractivity contribution in [1.82, 2.24) is 9.38 Å². The predicted octanol–water partition coefficient (Wildman–Crippen LogP) is 3.77. The molecule has 0 radical (unpaired) electrons. The van der Waals surface area contributed by atoms with Crippen LogP contribution in [0.3, 0.4) is 0 Å². The molecule has 2 aromatic carbocycles. The van der Waals surface area contributed by atoms with E-state index < -0.39 is 0 Å². The number of aromatic nitrogens is 2. The number of nitrogens with zero attached hydrogens (tertiary/aromatic N) is 2. The van der Waals surface area contributed by atoms with E-state index in [0.29, 0.717) is 35.0 Å². The Morgan fingerprint density at radius 1 is 0.920 bits per heavy atom. The highest BCUT2D eigenvalue weighted by molar-refractivity contribution is 6.13. The number of fused-ring (bicyclic) bond motifs is 7. The summed E-state index contributed by atoms with van der Waals surface area (Å²) in [5.41, 5.74) is 2.73. The van der Waals surface area contributed by atoms with Crippen molar-refractivity contribution in [3.63, 3.8) is 0 Å². The summed E-state index contributed by atoms with van der Waals surface area (Å²) in [5, 5.41) is 2.34. The van der Waals surface area contributed by atoms with E-state index in [0.717, 1.165) is 16.5 Å². The van der Waals surface area contributed by atoms with E-state index >= 15 is 0 Å². The van der Waals surface area contributed by atoms with Gasteiger partial charge in [0.25, 0.3) is 5.56 Å². The fourth-order valence-electron chi connectivity index (χ4n) is 4.05. The molecule has 0 aliphatic heterocycles. The molecule has 0 N–H and O–H groups in total. The van der Waals surface area contributed by atoms with Crippen molar-refractivity contribution in [2.45, 2.75) is 19.8 Å². The van der Waals surface area contributed by atoms with Crippen LogP contribution in [0.5, 0.6) is 0 Å². The lowest BCUT2D eigenvalue weighted by Gasteiger charge is -2.24. The zero-order valence-corrected chi connectivity index (χ0v) is 13.8. The van der Waals surface area contributed by atoms with E-state index in [-0.39, 0.29) is 17.3 Å². The molecule has 5 rings (SSSR count). The normalized spacial score (nSPS) is 17.3. The number of carbonyl (C=O) groups is 1. The van der Waals surface area contributed by atoms with Crippen molar-refractivity contribution in [1.29, 1.82) is 0 Å². The number of pyridine rings is 1. The van der Waals surface area contributed by atoms with Crippen LogP contribution in [0.25, 0.3) is 27.3 Å². The quantitative estimate of drug-likeness (QED) is 0.365. The third-order valence-corrected chi connectivity index (χ3v) is 5.13. The second kappa shape index (κ2) is 4.99. The summed E-state index contributed by atoms with van der Waals surface area (Å²) in [6.07, 6.45) is 1.24. The second-order valence-electron chi connectivity index (χ2n) is 6.90. The van der Waals surface area contributed by atoms with Crippen LogP contribution in [0, 0.1) is 5.92 Å². The molecule has 1 aliphatic rings. The number of carbonyl (C=O) groups excluding carboxylic acids is 1. The highest BCUT2D eigenvalue weighted by atomic mass is 16.1. The van der Waals surface area contributed by atoms with Gasteiger partial charge < -0.3 is 0 Å². The van der Waals surface area contributed by atoms with Gasteiger partial charge in [-0.2, -0.15) is 0 Å². The van der Waals surface area contributed by atoms with Crippen molar-refractivity contribution in [2.75, 3.05) is 0 Å². The van der Waals surface area contributed by atoms with Crippen LogP contribution in [-0.2, 0) is 6.42 Å². The number of ketones is 1. The minimum Gasteiger partial charge on any atom is -0.294 e. The van der Waals surface area contributed by atoms with Gasteiger partial charge in [0.15, 0.2) is 5.78 Å². The molecular formula is C21H16N2O2. The number of hydrogen-bond donors (Lipinski definition) is 0. The fourth-order valence-corrected chi connectivity index (χ4v) is 4.05. The molecule has 25 heavy (non-hydrogen) atoms. The average molecular weight is 328 g/mol. The van der Waals surface area contributed by atoms with Crippen molar-refractivity contribution in [3.05, 3.63) is 70.1 Å². The Kier molecular flexibility index (Phi) is 2.86. The van der Waals surface area contributed by atoms with Crippen LogP contribution in [0.4, 0.5) is 0 Å². The van der Waals surface area contributed by atoms with Gasteiger partial charge in [0, 0.05) is 23.1 Å². The first-order valence-electron chi connectivity index (χ1n) is 8.53. The summed E-state index contributed by atoms with van der Waals surface area (Å²) in [6, 6.07) is 15.2. The molecule has 2 aromatic heterocycles. The smallest absolute Gasteiger partial charge is 0.265 e. The Labute approximate surface area is 143 Å². The molecule has 0 spiro atoms. The van der Waals surface area contributed by atoms with E-state index in [1.807, 2.05) is 42.5 Å². The Morgan fingerprint density at radius 3 is 2.40 bits per heavy atom. The lowest BCUT2D eigenvalue weighted by molar-refractivity contribution is 0.0953. The first-order valence-corrected chi connectivity index (χ1v) is 8.53. The Hall–Kier alpha value is -3.01. The van der Waals surface area contributed by atoms with E-state index in [1.54, 1.807) is 10.5 Å². The highest BCUT2D eigenvalue weighted by Crippen LogP contribution is 2.33. The largest absolute Gasteiger partial charge is 0.294 e. The molecular weight excluding hydrogens is 312 g/mol. The zero-order chi connectivity index (χ0) is 17.1. The molecule has 4 nitrogen and oxygen atoms in total. The Morgan fingerprint density at radius 2 is 1.60 bits per heavy atom. The van der Waals surface area contributed by atoms with Gasteiger partial charge >= 0.3 is 0 Å². The van der Waals surface area contributed by atoms with Crippen molar-refractivity contribution >= 4 is 33.1 Å². The third-order valence-electron chi connectivity index (χ3n) is 5.13. The molecule has 0 amide bonds. The molecule has 0 unspecified atom stereocenters. The summed E-state index contributed by atoms with van der Waals surface area (Å²) in [4.78, 5) is 30.8. The fraction of sp³-hybridized carbons (Fsp3) is 0.190. The number of rotatable bonds is 0. The molecule has 1 atom stereocenters. The van der Waals surface area contributed by atoms with Gasteiger partial charge in [-0.05, 0) is 29.9 Å². The molecule has 4 heteroatoms. The van der Waals surface area contributed by atoms with Crippen molar-refractivity contribution < 1.29 is 4.79 Å². The summed E-state index contributed by atoms with van der Waals surface area (Å²) in [7, 11) is 0. The maximum atomic E-state index is 13.2. The molecule has 4 aromatic rings. The summed E-state index contributed by atoms with van der Waals surface area (Å²) in [5.74, 6) is 0.342. The Balaban J connectivity index is 2.12. The first kappa shape index (κ1) is 14.3. The van der Waals surface area contributed by atoms with Crippen LogP contribution in [-0.4, -0.2) is 15.2 Å². The van der Waals surface area contributed by atoms with E-state index in [4.69, 9.17) is 4.98 Å². The van der Waals surface area contributed by atoms with Crippen LogP contribution in [0.1, 0.15) is 29.4 Å². The monoisotopic (exact) mass is 328 g/mol. The SMILES string of the molecule is C[C@H]1CC(=O)c2c(n3c(=O)c4ccccc4nc3c3ccccc23)C1. The number of Topliss-reactive ketones (excluding diaryl/α,β-unsaturated/α-hetero) is 1. The van der Waals surface area contributed by atoms with E-state index in [2.05, 4.69) is 6.92 Å². The number of hydrogen-bond acceptors (Lipinski definition) is 3. The van der Waals surface area contributed by atoms with Gasteiger partial charge in [-0.15, -0.1) is 0 Å². The van der Waals surface area contributed by atoms with Crippen molar-refractivity contribution in [2.24, 2.45) is 5.92 Å².